The summed E-state index contributed by atoms with van der Waals surface area (Å²) in [6, 6.07) is 0.411. The van der Waals surface area contributed by atoms with E-state index in [0.717, 1.165) is 50.9 Å². The van der Waals surface area contributed by atoms with Crippen LogP contribution >= 0.6 is 0 Å². The zero-order valence-corrected chi connectivity index (χ0v) is 10.9. The zero-order chi connectivity index (χ0) is 11.9. The van der Waals surface area contributed by atoms with Crippen LogP contribution in [-0.4, -0.2) is 31.5 Å². The quantitative estimate of drug-likeness (QED) is 0.801. The van der Waals surface area contributed by atoms with Crippen LogP contribution < -0.4 is 5.73 Å². The molecular formula is C14H25NO2. The van der Waals surface area contributed by atoms with Crippen molar-refractivity contribution in [3.8, 4) is 0 Å². The fourth-order valence-corrected chi connectivity index (χ4v) is 3.72. The van der Waals surface area contributed by atoms with Gasteiger partial charge in [-0.25, -0.2) is 0 Å². The van der Waals surface area contributed by atoms with Crippen molar-refractivity contribution in [2.24, 2.45) is 23.5 Å². The molecule has 2 aliphatic heterocycles. The molecule has 3 nitrogen and oxygen atoms in total. The Morgan fingerprint density at radius 1 is 1.24 bits per heavy atom. The average Bonchev–Trinajstić information content (AvgIpc) is 3.06. The number of hydrogen-bond acceptors (Lipinski definition) is 3. The number of rotatable bonds is 2. The average molecular weight is 239 g/mol. The van der Waals surface area contributed by atoms with Crippen molar-refractivity contribution in [2.45, 2.75) is 50.7 Å². The summed E-state index contributed by atoms with van der Waals surface area (Å²) in [5.74, 6) is 2.32. The largest absolute Gasteiger partial charge is 0.381 e. The first kappa shape index (κ1) is 11.9. The molecule has 0 radical (unpaired) electrons. The molecule has 0 aromatic carbocycles. The van der Waals surface area contributed by atoms with Crippen LogP contribution in [0.15, 0.2) is 0 Å². The van der Waals surface area contributed by atoms with Crippen LogP contribution in [0.5, 0.6) is 0 Å². The van der Waals surface area contributed by atoms with Gasteiger partial charge in [-0.2, -0.15) is 0 Å². The fourth-order valence-electron chi connectivity index (χ4n) is 3.72. The molecule has 17 heavy (non-hydrogen) atoms. The van der Waals surface area contributed by atoms with Crippen molar-refractivity contribution in [3.05, 3.63) is 0 Å². The predicted octanol–water partition coefficient (Wildman–Crippen LogP) is 1.95. The third-order valence-electron chi connectivity index (χ3n) is 5.15. The first-order chi connectivity index (χ1) is 8.20. The summed E-state index contributed by atoms with van der Waals surface area (Å²) in [5.41, 5.74) is 6.56. The normalized spacial score (nSPS) is 42.4. The van der Waals surface area contributed by atoms with E-state index in [2.05, 4.69) is 6.92 Å². The van der Waals surface area contributed by atoms with E-state index >= 15 is 0 Å². The van der Waals surface area contributed by atoms with E-state index < -0.39 is 0 Å². The summed E-state index contributed by atoms with van der Waals surface area (Å²) in [5, 5.41) is 0. The molecule has 3 rings (SSSR count). The summed E-state index contributed by atoms with van der Waals surface area (Å²) in [6.45, 7) is 4.96. The van der Waals surface area contributed by atoms with E-state index in [9.17, 15) is 0 Å². The first-order valence-electron chi connectivity index (χ1n) is 7.17. The highest BCUT2D eigenvalue weighted by atomic mass is 16.5. The Morgan fingerprint density at radius 3 is 2.59 bits per heavy atom. The van der Waals surface area contributed by atoms with E-state index in [1.165, 1.54) is 12.8 Å². The fraction of sp³-hybridized carbons (Fsp3) is 1.00. The molecule has 1 spiro atoms. The molecule has 0 aromatic rings. The highest BCUT2D eigenvalue weighted by Crippen LogP contribution is 2.46. The summed E-state index contributed by atoms with van der Waals surface area (Å²) < 4.78 is 11.5. The number of hydrogen-bond donors (Lipinski definition) is 1. The number of nitrogens with two attached hydrogens (primary N) is 1. The van der Waals surface area contributed by atoms with Gasteiger partial charge in [-0.1, -0.05) is 6.92 Å². The Labute approximate surface area is 104 Å². The molecule has 98 valence electrons. The van der Waals surface area contributed by atoms with Crippen LogP contribution in [0, 0.1) is 17.8 Å². The van der Waals surface area contributed by atoms with Gasteiger partial charge in [-0.05, 0) is 49.9 Å². The lowest BCUT2D eigenvalue weighted by Crippen LogP contribution is -2.48. The Morgan fingerprint density at radius 2 is 1.94 bits per heavy atom. The summed E-state index contributed by atoms with van der Waals surface area (Å²) in [6.07, 6.45) is 5.80. The van der Waals surface area contributed by atoms with Crippen molar-refractivity contribution in [3.63, 3.8) is 0 Å². The molecule has 4 unspecified atom stereocenters. The van der Waals surface area contributed by atoms with Gasteiger partial charge in [0, 0.05) is 25.9 Å². The molecule has 3 heteroatoms. The van der Waals surface area contributed by atoms with Gasteiger partial charge in [-0.3, -0.25) is 0 Å². The molecule has 3 fully saturated rings. The molecular weight excluding hydrogens is 214 g/mol. The molecule has 0 bridgehead atoms. The van der Waals surface area contributed by atoms with E-state index in [1.54, 1.807) is 0 Å². The lowest BCUT2D eigenvalue weighted by atomic mass is 9.77. The maximum Gasteiger partial charge on any atom is 0.0729 e. The van der Waals surface area contributed by atoms with Gasteiger partial charge >= 0.3 is 0 Å². The third kappa shape index (κ3) is 2.38. The SMILES string of the molecule is CC1CC1C(N)C1CCOC2(CCOCC2)C1. The van der Waals surface area contributed by atoms with Gasteiger partial charge in [0.2, 0.25) is 0 Å². The van der Waals surface area contributed by atoms with Gasteiger partial charge in [0.05, 0.1) is 5.60 Å². The van der Waals surface area contributed by atoms with Crippen molar-refractivity contribution in [1.29, 1.82) is 0 Å². The van der Waals surface area contributed by atoms with Gasteiger partial charge in [-0.15, -0.1) is 0 Å². The second-order valence-electron chi connectivity index (χ2n) is 6.35. The van der Waals surface area contributed by atoms with Gasteiger partial charge < -0.3 is 15.2 Å². The minimum Gasteiger partial charge on any atom is -0.381 e. The molecule has 2 saturated heterocycles. The Kier molecular flexibility index (Phi) is 3.18. The second-order valence-corrected chi connectivity index (χ2v) is 6.35. The van der Waals surface area contributed by atoms with E-state index in [-0.39, 0.29) is 5.60 Å². The molecule has 4 atom stereocenters. The predicted molar refractivity (Wildman–Crippen MR) is 66.7 cm³/mol. The van der Waals surface area contributed by atoms with Gasteiger partial charge in [0.25, 0.3) is 0 Å². The maximum absolute atomic E-state index is 6.45. The number of ether oxygens (including phenoxy) is 2. The van der Waals surface area contributed by atoms with Gasteiger partial charge in [0.1, 0.15) is 0 Å². The molecule has 0 aromatic heterocycles. The molecule has 2 heterocycles. The van der Waals surface area contributed by atoms with Crippen molar-refractivity contribution < 1.29 is 9.47 Å². The van der Waals surface area contributed by atoms with Crippen molar-refractivity contribution in [2.75, 3.05) is 19.8 Å². The van der Waals surface area contributed by atoms with E-state index in [0.29, 0.717) is 12.0 Å². The summed E-state index contributed by atoms with van der Waals surface area (Å²) in [7, 11) is 0. The third-order valence-corrected chi connectivity index (χ3v) is 5.15. The standard InChI is InChI=1S/C14H25NO2/c1-10-8-12(10)13(15)11-2-5-17-14(9-11)3-6-16-7-4-14/h10-13H,2-9,15H2,1H3. The first-order valence-corrected chi connectivity index (χ1v) is 7.17. The van der Waals surface area contributed by atoms with Crippen molar-refractivity contribution >= 4 is 0 Å². The maximum atomic E-state index is 6.45. The Balaban J connectivity index is 1.62. The van der Waals surface area contributed by atoms with E-state index in [4.69, 9.17) is 15.2 Å². The van der Waals surface area contributed by atoms with Crippen LogP contribution in [0.1, 0.15) is 39.0 Å². The molecule has 0 amide bonds. The monoisotopic (exact) mass is 239 g/mol. The van der Waals surface area contributed by atoms with E-state index in [1.807, 2.05) is 0 Å². The smallest absolute Gasteiger partial charge is 0.0729 e. The lowest BCUT2D eigenvalue weighted by molar-refractivity contribution is -0.149. The van der Waals surface area contributed by atoms with Crippen LogP contribution in [-0.2, 0) is 9.47 Å². The molecule has 1 saturated carbocycles. The van der Waals surface area contributed by atoms with Crippen LogP contribution in [0.2, 0.25) is 0 Å². The summed E-state index contributed by atoms with van der Waals surface area (Å²) in [4.78, 5) is 0. The summed E-state index contributed by atoms with van der Waals surface area (Å²) >= 11 is 0. The molecule has 1 aliphatic carbocycles. The van der Waals surface area contributed by atoms with Gasteiger partial charge in [0.15, 0.2) is 0 Å². The minimum absolute atomic E-state index is 0.108. The van der Waals surface area contributed by atoms with Crippen LogP contribution in [0.4, 0.5) is 0 Å². The topological polar surface area (TPSA) is 44.5 Å². The second kappa shape index (κ2) is 4.52. The van der Waals surface area contributed by atoms with Crippen molar-refractivity contribution in [1.82, 2.24) is 0 Å². The zero-order valence-electron chi connectivity index (χ0n) is 10.9. The molecule has 3 aliphatic rings. The lowest BCUT2D eigenvalue weighted by Gasteiger charge is -2.45. The highest BCUT2D eigenvalue weighted by molar-refractivity contribution is 4.98. The highest BCUT2D eigenvalue weighted by Gasteiger charge is 2.46. The molecule has 2 N–H and O–H groups in total. The van der Waals surface area contributed by atoms with Crippen LogP contribution in [0.25, 0.3) is 0 Å². The Hall–Kier alpha value is -0.120. The van der Waals surface area contributed by atoms with Crippen LogP contribution in [0.3, 0.4) is 0 Å². The minimum atomic E-state index is 0.108. The Bertz CT molecular complexity index is 270.